The van der Waals surface area contributed by atoms with E-state index in [1.807, 2.05) is 12.1 Å². The van der Waals surface area contributed by atoms with Crippen molar-refractivity contribution in [3.8, 4) is 17.5 Å². The average Bonchev–Trinajstić information content (AvgIpc) is 3.55. The van der Waals surface area contributed by atoms with Crippen molar-refractivity contribution in [2.45, 2.75) is 37.3 Å². The molecular formula is C20H19FN6O2. The van der Waals surface area contributed by atoms with E-state index in [9.17, 15) is 14.8 Å². The Hall–Kier alpha value is -3.09. The number of halogens is 1. The highest BCUT2D eigenvalue weighted by Gasteiger charge is 2.27. The van der Waals surface area contributed by atoms with Crippen LogP contribution in [0.4, 0.5) is 10.3 Å². The van der Waals surface area contributed by atoms with Crippen LogP contribution in [-0.4, -0.2) is 50.0 Å². The molecule has 0 amide bonds. The molecule has 9 heteroatoms. The van der Waals surface area contributed by atoms with E-state index < -0.39 is 11.9 Å². The van der Waals surface area contributed by atoms with E-state index in [1.54, 1.807) is 12.3 Å². The Balaban J connectivity index is 1.57. The van der Waals surface area contributed by atoms with E-state index in [2.05, 4.69) is 20.4 Å². The molecule has 2 atom stereocenters. The topological polar surface area (TPSA) is 108 Å². The number of nitrogens with zero attached hydrogens (tertiary/aromatic N) is 5. The molecule has 1 aliphatic carbocycles. The lowest BCUT2D eigenvalue weighted by molar-refractivity contribution is -0.0136. The van der Waals surface area contributed by atoms with Gasteiger partial charge >= 0.3 is 0 Å². The van der Waals surface area contributed by atoms with Gasteiger partial charge in [0.1, 0.15) is 22.8 Å². The molecule has 3 aromatic heterocycles. The standard InChI is InChI=1S/C20H19FN6O2/c21-18-13(7-22)19(15-4-3-12(8-23-15)11-1-2-11)27-16(18)9-24-20(26-27)25-14-5-6-29-10-17(14)28/h3-4,8-9,11,14,17,28H,1-2,5-6,10H2,(H,25,26)/t14-,17-/m1/s1. The second-order valence-corrected chi connectivity index (χ2v) is 7.46. The minimum atomic E-state index is -0.685. The van der Waals surface area contributed by atoms with Crippen LogP contribution in [0.5, 0.6) is 0 Å². The van der Waals surface area contributed by atoms with Gasteiger partial charge in [-0.1, -0.05) is 6.07 Å². The number of aliphatic hydroxyl groups excluding tert-OH is 1. The molecule has 1 saturated carbocycles. The van der Waals surface area contributed by atoms with Crippen molar-refractivity contribution in [1.29, 1.82) is 5.26 Å². The minimum Gasteiger partial charge on any atom is -0.389 e. The summed E-state index contributed by atoms with van der Waals surface area (Å²) in [5.74, 6) is 0.115. The number of aromatic nitrogens is 4. The number of anilines is 1. The van der Waals surface area contributed by atoms with Crippen LogP contribution in [0.1, 0.15) is 36.3 Å². The fraction of sp³-hybridized carbons (Fsp3) is 0.400. The number of nitriles is 1. The molecule has 0 aromatic carbocycles. The second-order valence-electron chi connectivity index (χ2n) is 7.46. The number of hydrogen-bond donors (Lipinski definition) is 2. The first-order valence-corrected chi connectivity index (χ1v) is 9.61. The predicted molar refractivity (Wildman–Crippen MR) is 102 cm³/mol. The maximum Gasteiger partial charge on any atom is 0.241 e. The number of rotatable bonds is 4. The number of fused-ring (bicyclic) bond motifs is 1. The lowest BCUT2D eigenvalue weighted by Gasteiger charge is -2.28. The van der Waals surface area contributed by atoms with Gasteiger partial charge in [-0.3, -0.25) is 4.98 Å². The van der Waals surface area contributed by atoms with Gasteiger partial charge < -0.3 is 15.2 Å². The molecule has 8 nitrogen and oxygen atoms in total. The van der Waals surface area contributed by atoms with E-state index in [1.165, 1.54) is 10.7 Å². The van der Waals surface area contributed by atoms with Gasteiger partial charge in [0.2, 0.25) is 5.95 Å². The van der Waals surface area contributed by atoms with Gasteiger partial charge in [-0.15, -0.1) is 5.10 Å². The lowest BCUT2D eigenvalue weighted by Crippen LogP contribution is -2.42. The molecule has 0 unspecified atom stereocenters. The number of nitrogens with one attached hydrogen (secondary N) is 1. The highest BCUT2D eigenvalue weighted by atomic mass is 19.1. The van der Waals surface area contributed by atoms with Crippen LogP contribution < -0.4 is 5.32 Å². The average molecular weight is 394 g/mol. The number of pyridine rings is 1. The van der Waals surface area contributed by atoms with Gasteiger partial charge in [0.05, 0.1) is 30.6 Å². The van der Waals surface area contributed by atoms with Gasteiger partial charge in [-0.25, -0.2) is 13.9 Å². The van der Waals surface area contributed by atoms with Gasteiger partial charge in [-0.05, 0) is 36.8 Å². The van der Waals surface area contributed by atoms with Crippen molar-refractivity contribution in [2.24, 2.45) is 0 Å². The zero-order chi connectivity index (χ0) is 20.0. The monoisotopic (exact) mass is 394 g/mol. The molecule has 0 spiro atoms. The Morgan fingerprint density at radius 2 is 2.10 bits per heavy atom. The van der Waals surface area contributed by atoms with Crippen LogP contribution in [0.15, 0.2) is 24.5 Å². The summed E-state index contributed by atoms with van der Waals surface area (Å²) in [6.45, 7) is 0.759. The molecule has 1 saturated heterocycles. The Bertz CT molecular complexity index is 1100. The molecular weight excluding hydrogens is 375 g/mol. The van der Waals surface area contributed by atoms with Crippen molar-refractivity contribution < 1.29 is 14.2 Å². The molecule has 1 aliphatic heterocycles. The zero-order valence-electron chi connectivity index (χ0n) is 15.5. The molecule has 29 heavy (non-hydrogen) atoms. The van der Waals surface area contributed by atoms with Crippen LogP contribution in [0, 0.1) is 17.1 Å². The number of ether oxygens (including phenoxy) is 1. The Kier molecular flexibility index (Phi) is 4.38. The van der Waals surface area contributed by atoms with Crippen molar-refractivity contribution in [3.05, 3.63) is 41.5 Å². The molecule has 2 N–H and O–H groups in total. The first-order chi connectivity index (χ1) is 14.2. The van der Waals surface area contributed by atoms with Crippen molar-refractivity contribution in [3.63, 3.8) is 0 Å². The van der Waals surface area contributed by atoms with Crippen molar-refractivity contribution in [2.75, 3.05) is 18.5 Å². The summed E-state index contributed by atoms with van der Waals surface area (Å²) < 4.78 is 21.4. The maximum atomic E-state index is 14.8. The second kappa shape index (κ2) is 7.06. The van der Waals surface area contributed by atoms with E-state index in [0.717, 1.165) is 18.4 Å². The third kappa shape index (κ3) is 3.20. The van der Waals surface area contributed by atoms with E-state index in [0.29, 0.717) is 30.3 Å². The van der Waals surface area contributed by atoms with Gasteiger partial charge in [0, 0.05) is 12.8 Å². The zero-order valence-corrected chi connectivity index (χ0v) is 15.5. The molecule has 0 radical (unpaired) electrons. The summed E-state index contributed by atoms with van der Waals surface area (Å²) in [7, 11) is 0. The summed E-state index contributed by atoms with van der Waals surface area (Å²) in [6, 6.07) is 5.43. The van der Waals surface area contributed by atoms with Crippen LogP contribution in [0.25, 0.3) is 16.9 Å². The SMILES string of the molecule is N#Cc1c(F)c2cnc(N[C@@H]3CCOC[C@H]3O)nn2c1-c1ccc(C2CC2)cn1. The van der Waals surface area contributed by atoms with Crippen LogP contribution in [0.3, 0.4) is 0 Å². The minimum absolute atomic E-state index is 0.0997. The fourth-order valence-corrected chi connectivity index (χ4v) is 3.67. The van der Waals surface area contributed by atoms with Gasteiger partial charge in [-0.2, -0.15) is 5.26 Å². The quantitative estimate of drug-likeness (QED) is 0.699. The highest BCUT2D eigenvalue weighted by molar-refractivity contribution is 5.73. The highest BCUT2D eigenvalue weighted by Crippen LogP contribution is 2.40. The number of hydrogen-bond acceptors (Lipinski definition) is 7. The van der Waals surface area contributed by atoms with Crippen LogP contribution in [0.2, 0.25) is 0 Å². The Labute approximate surface area is 166 Å². The maximum absolute atomic E-state index is 14.8. The smallest absolute Gasteiger partial charge is 0.241 e. The third-order valence-electron chi connectivity index (χ3n) is 5.46. The van der Waals surface area contributed by atoms with Crippen molar-refractivity contribution >= 4 is 11.5 Å². The summed E-state index contributed by atoms with van der Waals surface area (Å²) in [5.41, 5.74) is 1.90. The molecule has 2 fully saturated rings. The predicted octanol–water partition coefficient (Wildman–Crippen LogP) is 2.24. The molecule has 4 heterocycles. The first kappa shape index (κ1) is 18.0. The van der Waals surface area contributed by atoms with Gasteiger partial charge in [0.15, 0.2) is 5.82 Å². The Morgan fingerprint density at radius 1 is 1.24 bits per heavy atom. The van der Waals surface area contributed by atoms with E-state index >= 15 is 0 Å². The third-order valence-corrected chi connectivity index (χ3v) is 5.46. The molecule has 148 valence electrons. The van der Waals surface area contributed by atoms with E-state index in [4.69, 9.17) is 4.74 Å². The van der Waals surface area contributed by atoms with Crippen LogP contribution in [-0.2, 0) is 4.74 Å². The summed E-state index contributed by atoms with van der Waals surface area (Å²) in [6.07, 6.45) is 5.35. The Morgan fingerprint density at radius 3 is 2.79 bits per heavy atom. The van der Waals surface area contributed by atoms with Gasteiger partial charge in [0.25, 0.3) is 0 Å². The number of aliphatic hydroxyl groups is 1. The van der Waals surface area contributed by atoms with Crippen molar-refractivity contribution in [1.82, 2.24) is 19.6 Å². The normalized spacial score (nSPS) is 21.8. The van der Waals surface area contributed by atoms with E-state index in [-0.39, 0.29) is 29.7 Å². The molecule has 0 bridgehead atoms. The largest absolute Gasteiger partial charge is 0.389 e. The summed E-state index contributed by atoms with van der Waals surface area (Å²) >= 11 is 0. The fourth-order valence-electron chi connectivity index (χ4n) is 3.67. The van der Waals surface area contributed by atoms with Crippen LogP contribution >= 0.6 is 0 Å². The molecule has 3 aromatic rings. The summed E-state index contributed by atoms with van der Waals surface area (Å²) in [4.78, 5) is 8.62. The molecule has 2 aliphatic rings. The molecule has 5 rings (SSSR count). The first-order valence-electron chi connectivity index (χ1n) is 9.61. The summed E-state index contributed by atoms with van der Waals surface area (Å²) in [5, 5.41) is 27.1. The lowest BCUT2D eigenvalue weighted by atomic mass is 10.1.